The van der Waals surface area contributed by atoms with Crippen LogP contribution in [0.3, 0.4) is 0 Å². The molecule has 0 unspecified atom stereocenters. The highest BCUT2D eigenvalue weighted by molar-refractivity contribution is 6.00. The Morgan fingerprint density at radius 3 is 2.47 bits per heavy atom. The second kappa shape index (κ2) is 8.42. The summed E-state index contributed by atoms with van der Waals surface area (Å²) >= 11 is 0. The SMILES string of the molecule is N#CC1(Cc2ccc(F)cc2)CCN(C(=O)c2ccccc2-c2ccnnc2)CC1. The van der Waals surface area contributed by atoms with Gasteiger partial charge in [0.15, 0.2) is 0 Å². The molecule has 2 aromatic carbocycles. The van der Waals surface area contributed by atoms with Gasteiger partial charge in [-0.2, -0.15) is 15.5 Å². The molecule has 0 radical (unpaired) electrons. The van der Waals surface area contributed by atoms with Crippen LogP contribution in [0.5, 0.6) is 0 Å². The summed E-state index contributed by atoms with van der Waals surface area (Å²) < 4.78 is 13.2. The molecule has 150 valence electrons. The molecule has 3 aromatic rings. The van der Waals surface area contributed by atoms with Crippen molar-refractivity contribution in [3.05, 3.63) is 83.9 Å². The molecule has 30 heavy (non-hydrogen) atoms. The third kappa shape index (κ3) is 4.06. The normalized spacial score (nSPS) is 15.4. The van der Waals surface area contributed by atoms with Crippen molar-refractivity contribution in [2.24, 2.45) is 5.41 Å². The van der Waals surface area contributed by atoms with E-state index in [1.54, 1.807) is 24.5 Å². The molecule has 1 fully saturated rings. The second-order valence-corrected chi connectivity index (χ2v) is 7.66. The van der Waals surface area contributed by atoms with Gasteiger partial charge >= 0.3 is 0 Å². The van der Waals surface area contributed by atoms with Crippen LogP contribution in [0.15, 0.2) is 67.0 Å². The Kier molecular flexibility index (Phi) is 5.53. The summed E-state index contributed by atoms with van der Waals surface area (Å²) in [6.07, 6.45) is 4.99. The van der Waals surface area contributed by atoms with Gasteiger partial charge in [0.25, 0.3) is 5.91 Å². The molecule has 2 heterocycles. The highest BCUT2D eigenvalue weighted by Gasteiger charge is 2.36. The molecule has 0 N–H and O–H groups in total. The fourth-order valence-electron chi connectivity index (χ4n) is 4.00. The molecule has 6 heteroatoms. The number of amides is 1. The fourth-order valence-corrected chi connectivity index (χ4v) is 4.00. The van der Waals surface area contributed by atoms with Crippen molar-refractivity contribution in [2.75, 3.05) is 13.1 Å². The molecule has 1 saturated heterocycles. The maximum atomic E-state index is 13.3. The summed E-state index contributed by atoms with van der Waals surface area (Å²) in [6.45, 7) is 1.02. The van der Waals surface area contributed by atoms with Crippen LogP contribution in [0.2, 0.25) is 0 Å². The molecule has 0 spiro atoms. The zero-order valence-corrected chi connectivity index (χ0v) is 16.5. The molecule has 1 aliphatic heterocycles. The van der Waals surface area contributed by atoms with Gasteiger partial charge in [0, 0.05) is 24.2 Å². The number of hydrogen-bond acceptors (Lipinski definition) is 4. The molecule has 5 nitrogen and oxygen atoms in total. The van der Waals surface area contributed by atoms with E-state index in [0.29, 0.717) is 37.9 Å². The Balaban J connectivity index is 1.50. The van der Waals surface area contributed by atoms with Crippen molar-refractivity contribution in [1.29, 1.82) is 5.26 Å². The summed E-state index contributed by atoms with van der Waals surface area (Å²) in [4.78, 5) is 15.1. The number of hydrogen-bond donors (Lipinski definition) is 0. The summed E-state index contributed by atoms with van der Waals surface area (Å²) in [7, 11) is 0. The van der Waals surface area contributed by atoms with Crippen molar-refractivity contribution in [2.45, 2.75) is 19.3 Å². The number of benzene rings is 2. The van der Waals surface area contributed by atoms with Gasteiger partial charge in [-0.15, -0.1) is 0 Å². The van der Waals surface area contributed by atoms with Crippen molar-refractivity contribution < 1.29 is 9.18 Å². The monoisotopic (exact) mass is 400 g/mol. The zero-order valence-electron chi connectivity index (χ0n) is 16.5. The van der Waals surface area contributed by atoms with E-state index < -0.39 is 5.41 Å². The Hall–Kier alpha value is -3.59. The number of nitriles is 1. The van der Waals surface area contributed by atoms with Gasteiger partial charge in [-0.1, -0.05) is 30.3 Å². The fraction of sp³-hybridized carbons (Fsp3) is 0.250. The minimum Gasteiger partial charge on any atom is -0.339 e. The second-order valence-electron chi connectivity index (χ2n) is 7.66. The Labute approximate surface area is 174 Å². The average Bonchev–Trinajstić information content (AvgIpc) is 2.81. The predicted molar refractivity (Wildman–Crippen MR) is 111 cm³/mol. The van der Waals surface area contributed by atoms with Gasteiger partial charge in [0.1, 0.15) is 5.82 Å². The maximum Gasteiger partial charge on any atom is 0.254 e. The first-order valence-corrected chi connectivity index (χ1v) is 9.91. The van der Waals surface area contributed by atoms with Gasteiger partial charge in [-0.25, -0.2) is 4.39 Å². The van der Waals surface area contributed by atoms with E-state index in [4.69, 9.17) is 0 Å². The first-order chi connectivity index (χ1) is 14.6. The van der Waals surface area contributed by atoms with Crippen LogP contribution in [0.25, 0.3) is 11.1 Å². The van der Waals surface area contributed by atoms with E-state index in [-0.39, 0.29) is 11.7 Å². The minimum absolute atomic E-state index is 0.0456. The summed E-state index contributed by atoms with van der Waals surface area (Å²) in [5, 5.41) is 17.6. The Morgan fingerprint density at radius 1 is 1.07 bits per heavy atom. The van der Waals surface area contributed by atoms with Crippen LogP contribution in [0.1, 0.15) is 28.8 Å². The zero-order chi connectivity index (χ0) is 21.0. The van der Waals surface area contributed by atoms with Crippen LogP contribution in [0, 0.1) is 22.6 Å². The van der Waals surface area contributed by atoms with Gasteiger partial charge in [0.05, 0.1) is 23.9 Å². The van der Waals surface area contributed by atoms with E-state index in [0.717, 1.165) is 16.7 Å². The summed E-state index contributed by atoms with van der Waals surface area (Å²) in [5.74, 6) is -0.330. The number of piperidine rings is 1. The van der Waals surface area contributed by atoms with Crippen molar-refractivity contribution >= 4 is 5.91 Å². The summed E-state index contributed by atoms with van der Waals surface area (Å²) in [5.41, 5.74) is 2.68. The Bertz CT molecular complexity index is 1070. The van der Waals surface area contributed by atoms with E-state index >= 15 is 0 Å². The van der Waals surface area contributed by atoms with Crippen LogP contribution in [-0.4, -0.2) is 34.1 Å². The molecule has 0 saturated carbocycles. The maximum absolute atomic E-state index is 13.3. The lowest BCUT2D eigenvalue weighted by molar-refractivity contribution is 0.0648. The van der Waals surface area contributed by atoms with Crippen LogP contribution in [0.4, 0.5) is 4.39 Å². The lowest BCUT2D eigenvalue weighted by atomic mass is 9.75. The first-order valence-electron chi connectivity index (χ1n) is 9.91. The quantitative estimate of drug-likeness (QED) is 0.656. The smallest absolute Gasteiger partial charge is 0.254 e. The molecule has 0 atom stereocenters. The topological polar surface area (TPSA) is 69.9 Å². The number of aromatic nitrogens is 2. The first kappa shape index (κ1) is 19.7. The number of likely N-dealkylation sites (tertiary alicyclic amines) is 1. The highest BCUT2D eigenvalue weighted by atomic mass is 19.1. The molecule has 0 bridgehead atoms. The van der Waals surface area contributed by atoms with Crippen molar-refractivity contribution in [3.8, 4) is 17.2 Å². The third-order valence-corrected chi connectivity index (χ3v) is 5.75. The average molecular weight is 400 g/mol. The third-order valence-electron chi connectivity index (χ3n) is 5.75. The number of halogens is 1. The van der Waals surface area contributed by atoms with Gasteiger partial charge in [-0.3, -0.25) is 4.79 Å². The molecule has 1 amide bonds. The van der Waals surface area contributed by atoms with E-state index in [2.05, 4.69) is 16.3 Å². The van der Waals surface area contributed by atoms with Gasteiger partial charge in [-0.05, 0) is 54.7 Å². The van der Waals surface area contributed by atoms with E-state index in [1.165, 1.54) is 12.1 Å². The standard InChI is InChI=1S/C24H21FN4O/c25-20-7-5-18(6-8-20)15-24(17-26)10-13-29(14-11-24)23(30)22-4-2-1-3-21(22)19-9-12-27-28-16-19/h1-9,12,16H,10-11,13-15H2. The highest BCUT2D eigenvalue weighted by Crippen LogP contribution is 2.35. The predicted octanol–water partition coefficient (Wildman–Crippen LogP) is 4.27. The van der Waals surface area contributed by atoms with E-state index in [9.17, 15) is 14.4 Å². The molecular weight excluding hydrogens is 379 g/mol. The summed E-state index contributed by atoms with van der Waals surface area (Å²) in [6, 6.07) is 18.1. The van der Waals surface area contributed by atoms with Crippen molar-refractivity contribution in [3.63, 3.8) is 0 Å². The number of nitrogens with zero attached hydrogens (tertiary/aromatic N) is 4. The van der Waals surface area contributed by atoms with Gasteiger partial charge in [0.2, 0.25) is 0 Å². The van der Waals surface area contributed by atoms with E-state index in [1.807, 2.05) is 35.2 Å². The number of carbonyl (C=O) groups is 1. The minimum atomic E-state index is -0.539. The molecule has 4 rings (SSSR count). The van der Waals surface area contributed by atoms with Crippen LogP contribution >= 0.6 is 0 Å². The van der Waals surface area contributed by atoms with Crippen LogP contribution in [-0.2, 0) is 6.42 Å². The van der Waals surface area contributed by atoms with Crippen LogP contribution < -0.4 is 0 Å². The Morgan fingerprint density at radius 2 is 1.80 bits per heavy atom. The largest absolute Gasteiger partial charge is 0.339 e. The molecule has 1 aliphatic rings. The number of rotatable bonds is 4. The molecule has 0 aliphatic carbocycles. The van der Waals surface area contributed by atoms with Gasteiger partial charge < -0.3 is 4.90 Å². The van der Waals surface area contributed by atoms with Crippen molar-refractivity contribution in [1.82, 2.24) is 15.1 Å². The lowest BCUT2D eigenvalue weighted by Crippen LogP contribution is -2.43. The molecular formula is C24H21FN4O. The lowest BCUT2D eigenvalue weighted by Gasteiger charge is -2.37. The molecule has 1 aromatic heterocycles. The number of carbonyl (C=O) groups excluding carboxylic acids is 1.